The van der Waals surface area contributed by atoms with E-state index in [1.54, 1.807) is 0 Å². The van der Waals surface area contributed by atoms with Crippen LogP contribution in [0.25, 0.3) is 0 Å². The largest absolute Gasteiger partial charge is 0.395 e. The first-order chi connectivity index (χ1) is 8.86. The van der Waals surface area contributed by atoms with Gasteiger partial charge in [0.1, 0.15) is 0 Å². The smallest absolute Gasteiger partial charge is 0.191 e. The lowest BCUT2D eigenvalue weighted by molar-refractivity contribution is 0.0424. The molecule has 1 fully saturated rings. The minimum Gasteiger partial charge on any atom is -0.395 e. The quantitative estimate of drug-likeness (QED) is 0.318. The molecule has 0 aromatic rings. The number of guanidine groups is 1. The molecule has 1 aliphatic rings. The van der Waals surface area contributed by atoms with Gasteiger partial charge in [0.05, 0.1) is 19.3 Å². The fourth-order valence-corrected chi connectivity index (χ4v) is 1.67. The minimum atomic E-state index is 0.106. The fourth-order valence-electron chi connectivity index (χ4n) is 1.67. The summed E-state index contributed by atoms with van der Waals surface area (Å²) in [7, 11) is 0. The third-order valence-electron chi connectivity index (χ3n) is 2.56. The number of nitrogens with one attached hydrogen (secondary N) is 2. The standard InChI is InChI=1S/C12H25N3O3/c1-2-13-12(15-6-7-16)14-5-3-8-18-11-4-9-17-10-11/h11,16H,2-10H2,1H3,(H2,13,14,15). The van der Waals surface area contributed by atoms with Crippen LogP contribution < -0.4 is 10.6 Å². The van der Waals surface area contributed by atoms with Crippen molar-refractivity contribution in [1.82, 2.24) is 10.6 Å². The van der Waals surface area contributed by atoms with Crippen molar-refractivity contribution in [3.63, 3.8) is 0 Å². The van der Waals surface area contributed by atoms with E-state index >= 15 is 0 Å². The van der Waals surface area contributed by atoms with Gasteiger partial charge in [-0.1, -0.05) is 0 Å². The molecule has 6 heteroatoms. The first-order valence-electron chi connectivity index (χ1n) is 6.69. The molecule has 0 aromatic carbocycles. The molecule has 6 nitrogen and oxygen atoms in total. The van der Waals surface area contributed by atoms with Gasteiger partial charge >= 0.3 is 0 Å². The third kappa shape index (κ3) is 6.78. The Labute approximate surface area is 109 Å². The van der Waals surface area contributed by atoms with E-state index in [1.165, 1.54) is 0 Å². The normalized spacial score (nSPS) is 20.1. The van der Waals surface area contributed by atoms with Crippen molar-refractivity contribution in [3.05, 3.63) is 0 Å². The molecule has 0 amide bonds. The molecule has 1 atom stereocenters. The number of rotatable bonds is 8. The second-order valence-corrected chi connectivity index (χ2v) is 4.12. The predicted octanol–water partition coefficient (Wildman–Crippen LogP) is -0.271. The second kappa shape index (κ2) is 10.1. The molecule has 0 spiro atoms. The molecule has 0 saturated carbocycles. The number of aliphatic imine (C=N–C) groups is 1. The minimum absolute atomic E-state index is 0.106. The van der Waals surface area contributed by atoms with Crippen LogP contribution in [0.15, 0.2) is 4.99 Å². The zero-order valence-electron chi connectivity index (χ0n) is 11.2. The number of ether oxygens (including phenoxy) is 2. The number of aliphatic hydroxyl groups excluding tert-OH is 1. The van der Waals surface area contributed by atoms with E-state index in [2.05, 4.69) is 15.6 Å². The Morgan fingerprint density at radius 2 is 2.39 bits per heavy atom. The molecule has 1 unspecified atom stereocenters. The van der Waals surface area contributed by atoms with E-state index in [1.807, 2.05) is 6.92 Å². The Bertz CT molecular complexity index is 231. The molecule has 18 heavy (non-hydrogen) atoms. The number of aliphatic hydroxyl groups is 1. The SMILES string of the molecule is CCNC(=NCCCOC1CCOC1)NCCO. The number of hydrogen-bond donors (Lipinski definition) is 3. The van der Waals surface area contributed by atoms with Crippen LogP contribution in [0.4, 0.5) is 0 Å². The monoisotopic (exact) mass is 259 g/mol. The molecule has 0 aliphatic carbocycles. The van der Waals surface area contributed by atoms with Crippen LogP contribution in [0.3, 0.4) is 0 Å². The van der Waals surface area contributed by atoms with Gasteiger partial charge in [0.15, 0.2) is 5.96 Å². The Kier molecular flexibility index (Phi) is 8.54. The van der Waals surface area contributed by atoms with Gasteiger partial charge in [0, 0.05) is 32.8 Å². The van der Waals surface area contributed by atoms with E-state index < -0.39 is 0 Å². The van der Waals surface area contributed by atoms with Gasteiger partial charge in [-0.15, -0.1) is 0 Å². The van der Waals surface area contributed by atoms with Crippen molar-refractivity contribution in [2.45, 2.75) is 25.9 Å². The highest BCUT2D eigenvalue weighted by molar-refractivity contribution is 5.79. The highest BCUT2D eigenvalue weighted by Gasteiger charge is 2.15. The maximum absolute atomic E-state index is 8.74. The lowest BCUT2D eigenvalue weighted by Crippen LogP contribution is -2.38. The van der Waals surface area contributed by atoms with Crippen LogP contribution in [0.2, 0.25) is 0 Å². The molecule has 1 saturated heterocycles. The van der Waals surface area contributed by atoms with Crippen molar-refractivity contribution >= 4 is 5.96 Å². The average Bonchev–Trinajstić information content (AvgIpc) is 2.88. The van der Waals surface area contributed by atoms with Crippen LogP contribution in [0, 0.1) is 0 Å². The van der Waals surface area contributed by atoms with Crippen molar-refractivity contribution in [1.29, 1.82) is 0 Å². The van der Waals surface area contributed by atoms with E-state index in [9.17, 15) is 0 Å². The summed E-state index contributed by atoms with van der Waals surface area (Å²) in [4.78, 5) is 4.39. The molecule has 106 valence electrons. The van der Waals surface area contributed by atoms with Crippen molar-refractivity contribution in [3.8, 4) is 0 Å². The van der Waals surface area contributed by atoms with E-state index in [0.717, 1.165) is 45.2 Å². The lowest BCUT2D eigenvalue weighted by Gasteiger charge is -2.11. The Morgan fingerprint density at radius 3 is 3.06 bits per heavy atom. The van der Waals surface area contributed by atoms with E-state index in [0.29, 0.717) is 13.1 Å². The molecule has 1 aliphatic heterocycles. The van der Waals surface area contributed by atoms with Gasteiger partial charge in [-0.3, -0.25) is 4.99 Å². The van der Waals surface area contributed by atoms with Crippen LogP contribution in [0.1, 0.15) is 19.8 Å². The molecule has 1 rings (SSSR count). The van der Waals surface area contributed by atoms with E-state index in [-0.39, 0.29) is 12.7 Å². The number of hydrogen-bond acceptors (Lipinski definition) is 4. The molecular formula is C12H25N3O3. The summed E-state index contributed by atoms with van der Waals surface area (Å²) in [6, 6.07) is 0. The lowest BCUT2D eigenvalue weighted by atomic mass is 10.3. The van der Waals surface area contributed by atoms with Crippen LogP contribution in [0.5, 0.6) is 0 Å². The van der Waals surface area contributed by atoms with Crippen LogP contribution in [-0.4, -0.2) is 63.2 Å². The summed E-state index contributed by atoms with van der Waals surface area (Å²) in [6.07, 6.45) is 2.17. The zero-order chi connectivity index (χ0) is 13.1. The van der Waals surface area contributed by atoms with Crippen molar-refractivity contribution < 1.29 is 14.6 Å². The summed E-state index contributed by atoms with van der Waals surface area (Å²) in [6.45, 7) is 6.43. The summed E-state index contributed by atoms with van der Waals surface area (Å²) < 4.78 is 10.9. The molecule has 0 bridgehead atoms. The molecule has 0 aromatic heterocycles. The first-order valence-corrected chi connectivity index (χ1v) is 6.69. The first kappa shape index (κ1) is 15.2. The topological polar surface area (TPSA) is 75.1 Å². The third-order valence-corrected chi connectivity index (χ3v) is 2.56. The van der Waals surface area contributed by atoms with Gasteiger partial charge in [-0.2, -0.15) is 0 Å². The maximum atomic E-state index is 8.74. The summed E-state index contributed by atoms with van der Waals surface area (Å²) >= 11 is 0. The van der Waals surface area contributed by atoms with Crippen molar-refractivity contribution in [2.24, 2.45) is 4.99 Å². The van der Waals surface area contributed by atoms with Crippen molar-refractivity contribution in [2.75, 3.05) is 46.1 Å². The van der Waals surface area contributed by atoms with E-state index in [4.69, 9.17) is 14.6 Å². The maximum Gasteiger partial charge on any atom is 0.191 e. The zero-order valence-corrected chi connectivity index (χ0v) is 11.2. The Morgan fingerprint density at radius 1 is 1.50 bits per heavy atom. The summed E-state index contributed by atoms with van der Waals surface area (Å²) in [5.41, 5.74) is 0. The van der Waals surface area contributed by atoms with Crippen LogP contribution >= 0.6 is 0 Å². The highest BCUT2D eigenvalue weighted by atomic mass is 16.5. The van der Waals surface area contributed by atoms with Gasteiger partial charge in [0.25, 0.3) is 0 Å². The summed E-state index contributed by atoms with van der Waals surface area (Å²) in [5.74, 6) is 0.746. The molecule has 1 heterocycles. The summed E-state index contributed by atoms with van der Waals surface area (Å²) in [5, 5.41) is 14.9. The van der Waals surface area contributed by atoms with Gasteiger partial charge in [0.2, 0.25) is 0 Å². The average molecular weight is 259 g/mol. The van der Waals surface area contributed by atoms with Crippen LogP contribution in [-0.2, 0) is 9.47 Å². The Hall–Kier alpha value is -0.850. The van der Waals surface area contributed by atoms with Gasteiger partial charge in [-0.25, -0.2) is 0 Å². The Balaban J connectivity index is 2.07. The predicted molar refractivity (Wildman–Crippen MR) is 70.9 cm³/mol. The second-order valence-electron chi connectivity index (χ2n) is 4.12. The fraction of sp³-hybridized carbons (Fsp3) is 0.917. The van der Waals surface area contributed by atoms with Gasteiger partial charge in [-0.05, 0) is 19.8 Å². The molecular weight excluding hydrogens is 234 g/mol. The molecule has 0 radical (unpaired) electrons. The van der Waals surface area contributed by atoms with Gasteiger partial charge < -0.3 is 25.2 Å². The number of nitrogens with zero attached hydrogens (tertiary/aromatic N) is 1. The highest BCUT2D eigenvalue weighted by Crippen LogP contribution is 2.07. The molecule has 3 N–H and O–H groups in total.